The van der Waals surface area contributed by atoms with Crippen LogP contribution in [0.1, 0.15) is 206 Å². The Labute approximate surface area is 460 Å². The normalized spacial score (nSPS) is 30.8. The monoisotopic (exact) mass is 1110 g/mol. The summed E-state index contributed by atoms with van der Waals surface area (Å²) in [4.78, 5) is 12.8. The van der Waals surface area contributed by atoms with Gasteiger partial charge in [0.1, 0.15) is 73.2 Å². The van der Waals surface area contributed by atoms with Crippen LogP contribution in [0.2, 0.25) is 0 Å². The highest BCUT2D eigenvalue weighted by atomic mass is 16.8. The SMILES string of the molecule is CCCCCCCCCCCCCCCCCCCCCCCCCC/C=C/CC/C=C/C(O)C(COC1OC(CO)C(OC2OC(CO)C(OC3OC(CO)C(O)C(O)C3O)C(O)C2O)C(O)C1O)NC(=O)CCCC. The lowest BCUT2D eigenvalue weighted by atomic mass is 9.96. The molecule has 3 saturated heterocycles. The zero-order chi connectivity index (χ0) is 56.2. The van der Waals surface area contributed by atoms with Gasteiger partial charge >= 0.3 is 0 Å². The van der Waals surface area contributed by atoms with Crippen LogP contribution in [0, 0.1) is 0 Å². The Morgan fingerprint density at radius 2 is 0.831 bits per heavy atom. The molecule has 0 saturated carbocycles. The fourth-order valence-corrected chi connectivity index (χ4v) is 10.2. The maximum absolute atomic E-state index is 12.8. The molecule has 3 fully saturated rings. The van der Waals surface area contributed by atoms with E-state index in [2.05, 4.69) is 24.4 Å². The molecular formula is C58H107NO18. The first-order valence-electron chi connectivity index (χ1n) is 30.1. The third kappa shape index (κ3) is 26.4. The van der Waals surface area contributed by atoms with E-state index in [-0.39, 0.29) is 18.9 Å². The van der Waals surface area contributed by atoms with Gasteiger partial charge in [0.05, 0.1) is 38.6 Å². The number of rotatable bonds is 44. The van der Waals surface area contributed by atoms with E-state index in [0.29, 0.717) is 12.8 Å². The van der Waals surface area contributed by atoms with E-state index in [1.54, 1.807) is 6.08 Å². The molecular weight excluding hydrogens is 999 g/mol. The second kappa shape index (κ2) is 42.1. The highest BCUT2D eigenvalue weighted by Crippen LogP contribution is 2.33. The van der Waals surface area contributed by atoms with Crippen molar-refractivity contribution < 1.29 is 89.4 Å². The van der Waals surface area contributed by atoms with Crippen LogP contribution in [-0.2, 0) is 33.2 Å². The fraction of sp³-hybridized carbons (Fsp3) is 0.914. The number of hydrogen-bond donors (Lipinski definition) is 12. The summed E-state index contributed by atoms with van der Waals surface area (Å²) in [5.41, 5.74) is 0. The molecule has 19 nitrogen and oxygen atoms in total. The Morgan fingerprint density at radius 1 is 0.455 bits per heavy atom. The summed E-state index contributed by atoms with van der Waals surface area (Å²) in [5, 5.41) is 119. The summed E-state index contributed by atoms with van der Waals surface area (Å²) >= 11 is 0. The summed E-state index contributed by atoms with van der Waals surface area (Å²) in [7, 11) is 0. The molecule has 19 heteroatoms. The minimum absolute atomic E-state index is 0.211. The molecule has 77 heavy (non-hydrogen) atoms. The number of ether oxygens (including phenoxy) is 6. The van der Waals surface area contributed by atoms with Crippen molar-refractivity contribution in [1.82, 2.24) is 5.32 Å². The van der Waals surface area contributed by atoms with Gasteiger partial charge in [-0.3, -0.25) is 4.79 Å². The molecule has 0 aromatic heterocycles. The molecule has 0 aromatic rings. The van der Waals surface area contributed by atoms with Crippen molar-refractivity contribution in [3.63, 3.8) is 0 Å². The molecule has 3 heterocycles. The van der Waals surface area contributed by atoms with Gasteiger partial charge < -0.3 is 89.9 Å². The Balaban J connectivity index is 1.31. The zero-order valence-electron chi connectivity index (χ0n) is 46.9. The number of aliphatic hydroxyl groups is 11. The van der Waals surface area contributed by atoms with E-state index in [4.69, 9.17) is 28.4 Å². The van der Waals surface area contributed by atoms with Crippen molar-refractivity contribution in [2.75, 3.05) is 26.4 Å². The Morgan fingerprint density at radius 3 is 1.29 bits per heavy atom. The third-order valence-corrected chi connectivity index (χ3v) is 15.3. The van der Waals surface area contributed by atoms with Crippen molar-refractivity contribution in [1.29, 1.82) is 0 Å². The first-order valence-corrected chi connectivity index (χ1v) is 30.1. The maximum atomic E-state index is 12.8. The average molecular weight is 1110 g/mol. The lowest BCUT2D eigenvalue weighted by Gasteiger charge is -2.48. The molecule has 17 atom stereocenters. The van der Waals surface area contributed by atoms with Crippen molar-refractivity contribution in [2.24, 2.45) is 0 Å². The largest absolute Gasteiger partial charge is 0.394 e. The van der Waals surface area contributed by atoms with Gasteiger partial charge in [0, 0.05) is 6.42 Å². The second-order valence-corrected chi connectivity index (χ2v) is 21.8. The quantitative estimate of drug-likeness (QED) is 0.0277. The van der Waals surface area contributed by atoms with Crippen LogP contribution in [0.3, 0.4) is 0 Å². The Kier molecular flexibility index (Phi) is 38.1. The zero-order valence-corrected chi connectivity index (χ0v) is 46.9. The van der Waals surface area contributed by atoms with E-state index in [0.717, 1.165) is 25.7 Å². The van der Waals surface area contributed by atoms with E-state index in [1.165, 1.54) is 148 Å². The van der Waals surface area contributed by atoms with Gasteiger partial charge in [-0.05, 0) is 32.1 Å². The van der Waals surface area contributed by atoms with Crippen LogP contribution in [0.4, 0.5) is 0 Å². The van der Waals surface area contributed by atoms with E-state index < -0.39 is 124 Å². The molecule has 0 aliphatic carbocycles. The number of carbonyl (C=O) groups excluding carboxylic acids is 1. The van der Waals surface area contributed by atoms with Gasteiger partial charge in [0.2, 0.25) is 5.91 Å². The standard InChI is InChI=1S/C58H107NO18/c1-3-5-7-8-9-10-11-12-13-14-15-16-17-18-19-20-21-22-23-24-25-26-27-28-29-30-31-32-33-34-35-42(63)41(59-46(64)36-6-4-2)40-72-56-52(70)49(67)54(44(38-61)74-56)77-58-53(71)50(68)55(45(39-62)75-58)76-57-51(69)48(66)47(65)43(37-60)73-57/h30-31,34-35,41-45,47-58,60-63,65-71H,3-29,32-33,36-40H2,1-2H3,(H,59,64)/b31-30+,35-34+. The Hall–Kier alpha value is -1.73. The Bertz CT molecular complexity index is 1510. The van der Waals surface area contributed by atoms with Gasteiger partial charge in [-0.25, -0.2) is 0 Å². The van der Waals surface area contributed by atoms with Crippen LogP contribution in [0.5, 0.6) is 0 Å². The average Bonchev–Trinajstić information content (AvgIpc) is 3.43. The van der Waals surface area contributed by atoms with E-state index in [1.807, 2.05) is 13.0 Å². The van der Waals surface area contributed by atoms with Crippen molar-refractivity contribution in [3.05, 3.63) is 24.3 Å². The van der Waals surface area contributed by atoms with Crippen LogP contribution in [0.15, 0.2) is 24.3 Å². The molecule has 0 radical (unpaired) electrons. The number of allylic oxidation sites excluding steroid dienone is 3. The van der Waals surface area contributed by atoms with Crippen LogP contribution in [-0.4, -0.2) is 193 Å². The summed E-state index contributed by atoms with van der Waals surface area (Å²) in [6.45, 7) is 1.43. The van der Waals surface area contributed by atoms with E-state index >= 15 is 0 Å². The fourth-order valence-electron chi connectivity index (χ4n) is 10.2. The minimum Gasteiger partial charge on any atom is -0.394 e. The lowest BCUT2D eigenvalue weighted by molar-refractivity contribution is -0.379. The number of amides is 1. The second-order valence-electron chi connectivity index (χ2n) is 21.8. The van der Waals surface area contributed by atoms with Crippen LogP contribution in [0.25, 0.3) is 0 Å². The lowest BCUT2D eigenvalue weighted by Crippen LogP contribution is -2.66. The number of nitrogens with one attached hydrogen (secondary N) is 1. The van der Waals surface area contributed by atoms with E-state index in [9.17, 15) is 61.0 Å². The van der Waals surface area contributed by atoms with Gasteiger partial charge in [-0.1, -0.05) is 192 Å². The molecule has 0 bridgehead atoms. The topological polar surface area (TPSA) is 307 Å². The number of aliphatic hydroxyl groups excluding tert-OH is 11. The highest BCUT2D eigenvalue weighted by molar-refractivity contribution is 5.76. The third-order valence-electron chi connectivity index (χ3n) is 15.3. The van der Waals surface area contributed by atoms with Crippen molar-refractivity contribution >= 4 is 5.91 Å². The molecule has 3 aliphatic rings. The van der Waals surface area contributed by atoms with Crippen LogP contribution < -0.4 is 5.32 Å². The summed E-state index contributed by atoms with van der Waals surface area (Å²) < 4.78 is 33.9. The molecule has 17 unspecified atom stereocenters. The first kappa shape index (κ1) is 69.5. The molecule has 3 aliphatic heterocycles. The van der Waals surface area contributed by atoms with Gasteiger partial charge in [-0.2, -0.15) is 0 Å². The molecule has 0 spiro atoms. The molecule has 0 aromatic carbocycles. The maximum Gasteiger partial charge on any atom is 0.220 e. The summed E-state index contributed by atoms with van der Waals surface area (Å²) in [6, 6.07) is -0.981. The van der Waals surface area contributed by atoms with Gasteiger partial charge in [0.25, 0.3) is 0 Å². The predicted molar refractivity (Wildman–Crippen MR) is 291 cm³/mol. The molecule has 3 rings (SSSR count). The van der Waals surface area contributed by atoms with Gasteiger partial charge in [0.15, 0.2) is 18.9 Å². The number of unbranched alkanes of at least 4 members (excludes halogenated alkanes) is 26. The highest BCUT2D eigenvalue weighted by Gasteiger charge is 2.53. The van der Waals surface area contributed by atoms with Gasteiger partial charge in [-0.15, -0.1) is 0 Å². The van der Waals surface area contributed by atoms with Crippen molar-refractivity contribution in [3.8, 4) is 0 Å². The predicted octanol–water partition coefficient (Wildman–Crippen LogP) is 5.15. The summed E-state index contributed by atoms with van der Waals surface area (Å²) in [6.07, 6.45) is 17.9. The smallest absolute Gasteiger partial charge is 0.220 e. The molecule has 1 amide bonds. The van der Waals surface area contributed by atoms with Crippen molar-refractivity contribution in [2.45, 2.75) is 311 Å². The molecule has 452 valence electrons. The first-order chi connectivity index (χ1) is 37.3. The summed E-state index contributed by atoms with van der Waals surface area (Å²) in [5.74, 6) is -0.321. The molecule has 12 N–H and O–H groups in total. The number of hydrogen-bond acceptors (Lipinski definition) is 18. The van der Waals surface area contributed by atoms with Crippen LogP contribution >= 0.6 is 0 Å². The minimum atomic E-state index is -1.98. The number of carbonyl (C=O) groups is 1.